The summed E-state index contributed by atoms with van der Waals surface area (Å²) < 4.78 is 31.7. The maximum absolute atomic E-state index is 12.4. The summed E-state index contributed by atoms with van der Waals surface area (Å²) in [7, 11) is 0. The number of carbonyl (C=O) groups is 2. The van der Waals surface area contributed by atoms with E-state index in [9.17, 15) is 18.0 Å². The van der Waals surface area contributed by atoms with Crippen LogP contribution < -0.4 is 10.6 Å². The highest BCUT2D eigenvalue weighted by Gasteiger charge is 2.38. The third-order valence-corrected chi connectivity index (χ3v) is 5.51. The average Bonchev–Trinajstić information content (AvgIpc) is 3.43. The monoisotopic (exact) mass is 544 g/mol. The molecule has 2 heterocycles. The van der Waals surface area contributed by atoms with Crippen LogP contribution in [0.1, 0.15) is 5.56 Å². The number of nitriles is 1. The zero-order valence-corrected chi connectivity index (χ0v) is 20.4. The van der Waals surface area contributed by atoms with E-state index in [0.717, 1.165) is 27.8 Å². The molecule has 0 atom stereocenters. The Balaban J connectivity index is 0.000000470. The molecule has 12 heteroatoms. The number of benzene rings is 3. The maximum Gasteiger partial charge on any atom is 0.490 e. The van der Waals surface area contributed by atoms with Gasteiger partial charge in [-0.3, -0.25) is 0 Å². The highest BCUT2D eigenvalue weighted by Crippen LogP contribution is 2.27. The molecule has 5 rings (SSSR count). The molecule has 2 amide bonds. The van der Waals surface area contributed by atoms with E-state index < -0.39 is 12.1 Å². The van der Waals surface area contributed by atoms with E-state index >= 15 is 0 Å². The van der Waals surface area contributed by atoms with Gasteiger partial charge in [-0.05, 0) is 59.2 Å². The quantitative estimate of drug-likeness (QED) is 0.205. The lowest BCUT2D eigenvalue weighted by molar-refractivity contribution is -0.192. The number of aliphatic carboxylic acids is 1. The number of nitrogens with one attached hydrogen (secondary N) is 3. The van der Waals surface area contributed by atoms with Crippen molar-refractivity contribution >= 4 is 34.5 Å². The Kier molecular flexibility index (Phi) is 8.05. The largest absolute Gasteiger partial charge is 0.490 e. The van der Waals surface area contributed by atoms with Gasteiger partial charge in [0.15, 0.2) is 5.65 Å². The number of hydrogen-bond donors (Lipinski definition) is 4. The van der Waals surface area contributed by atoms with Crippen LogP contribution in [0.5, 0.6) is 0 Å². The lowest BCUT2D eigenvalue weighted by Gasteiger charge is -2.10. The minimum atomic E-state index is -5.08. The van der Waals surface area contributed by atoms with E-state index in [0.29, 0.717) is 22.6 Å². The summed E-state index contributed by atoms with van der Waals surface area (Å²) in [5.74, 6) is -2.76. The fraction of sp³-hybridized carbons (Fsp3) is 0.0357. The van der Waals surface area contributed by atoms with Gasteiger partial charge in [0.1, 0.15) is 0 Å². The van der Waals surface area contributed by atoms with Crippen molar-refractivity contribution in [1.29, 1.82) is 5.26 Å². The Hall–Kier alpha value is -5.70. The molecular weight excluding hydrogens is 525 g/mol. The second kappa shape index (κ2) is 11.8. The number of fused-ring (bicyclic) bond motifs is 1. The SMILES string of the molecule is N#Cc1ccc(-c2ccc(NC(=O)Nc3ccc(-c4ccnc5nc[nH]c45)cc3)cc2)cc1.O=C(O)C(F)(F)F. The summed E-state index contributed by atoms with van der Waals surface area (Å²) in [6.07, 6.45) is -1.73. The van der Waals surface area contributed by atoms with Gasteiger partial charge >= 0.3 is 18.2 Å². The van der Waals surface area contributed by atoms with Crippen molar-refractivity contribution in [3.63, 3.8) is 0 Å². The number of anilines is 2. The predicted molar refractivity (Wildman–Crippen MR) is 142 cm³/mol. The molecule has 200 valence electrons. The number of pyridine rings is 1. The fourth-order valence-electron chi connectivity index (χ4n) is 3.60. The van der Waals surface area contributed by atoms with Crippen molar-refractivity contribution in [3.8, 4) is 28.3 Å². The minimum absolute atomic E-state index is 0.325. The number of rotatable bonds is 4. The average molecular weight is 544 g/mol. The second-order valence-corrected chi connectivity index (χ2v) is 8.19. The number of hydrogen-bond acceptors (Lipinski definition) is 5. The molecule has 9 nitrogen and oxygen atoms in total. The summed E-state index contributed by atoms with van der Waals surface area (Å²) in [5, 5.41) is 21.7. The van der Waals surface area contributed by atoms with E-state index in [4.69, 9.17) is 15.2 Å². The van der Waals surface area contributed by atoms with Crippen LogP contribution in [-0.4, -0.2) is 38.2 Å². The summed E-state index contributed by atoms with van der Waals surface area (Å²) >= 11 is 0. The molecule has 0 spiro atoms. The number of amides is 2. The number of nitrogens with zero attached hydrogens (tertiary/aromatic N) is 3. The van der Waals surface area contributed by atoms with E-state index in [2.05, 4.69) is 31.7 Å². The molecule has 0 unspecified atom stereocenters. The van der Waals surface area contributed by atoms with Gasteiger partial charge in [0.25, 0.3) is 0 Å². The Morgan fingerprint density at radius 2 is 1.30 bits per heavy atom. The standard InChI is InChI=1S/C26H18N6O.C2HF3O2/c27-15-17-1-3-18(4-2-17)19-5-9-21(10-6-19)31-26(33)32-22-11-7-20(8-12-22)23-13-14-28-25-24(23)29-16-30-25;3-2(4,5)1(6)7/h1-14,16H,(H,28,29,30)(H2,31,32,33);(H,6,7). The van der Waals surface area contributed by atoms with Crippen LogP contribution in [0.2, 0.25) is 0 Å². The van der Waals surface area contributed by atoms with Crippen LogP contribution in [-0.2, 0) is 4.79 Å². The predicted octanol–water partition coefficient (Wildman–Crippen LogP) is 6.44. The smallest absolute Gasteiger partial charge is 0.475 e. The minimum Gasteiger partial charge on any atom is -0.475 e. The maximum atomic E-state index is 12.4. The number of H-pyrrole nitrogens is 1. The molecule has 5 aromatic rings. The summed E-state index contributed by atoms with van der Waals surface area (Å²) in [6, 6.07) is 26.2. The summed E-state index contributed by atoms with van der Waals surface area (Å²) in [4.78, 5) is 32.9. The number of carbonyl (C=O) groups excluding carboxylic acids is 1. The molecule has 2 aromatic heterocycles. The number of imidazole rings is 1. The van der Waals surface area contributed by atoms with Crippen molar-refractivity contribution in [2.75, 3.05) is 10.6 Å². The van der Waals surface area contributed by atoms with E-state index in [1.807, 2.05) is 66.7 Å². The third-order valence-electron chi connectivity index (χ3n) is 5.51. The first-order valence-corrected chi connectivity index (χ1v) is 11.5. The highest BCUT2D eigenvalue weighted by atomic mass is 19.4. The van der Waals surface area contributed by atoms with Gasteiger partial charge in [-0.15, -0.1) is 0 Å². The van der Waals surface area contributed by atoms with Crippen LogP contribution in [0.25, 0.3) is 33.4 Å². The molecule has 0 bridgehead atoms. The number of carboxylic acids is 1. The second-order valence-electron chi connectivity index (χ2n) is 8.19. The first-order valence-electron chi connectivity index (χ1n) is 11.5. The fourth-order valence-corrected chi connectivity index (χ4v) is 3.60. The van der Waals surface area contributed by atoms with Gasteiger partial charge in [-0.25, -0.2) is 19.6 Å². The van der Waals surface area contributed by atoms with Gasteiger partial charge < -0.3 is 20.7 Å². The van der Waals surface area contributed by atoms with Crippen LogP contribution >= 0.6 is 0 Å². The zero-order valence-electron chi connectivity index (χ0n) is 20.4. The molecule has 40 heavy (non-hydrogen) atoms. The molecule has 0 aliphatic heterocycles. The Bertz CT molecular complexity index is 1670. The van der Waals surface area contributed by atoms with E-state index in [-0.39, 0.29) is 6.03 Å². The number of halogens is 3. The molecule has 0 radical (unpaired) electrons. The van der Waals surface area contributed by atoms with Gasteiger partial charge in [0.2, 0.25) is 0 Å². The molecule has 0 saturated carbocycles. The lowest BCUT2D eigenvalue weighted by Crippen LogP contribution is -2.21. The highest BCUT2D eigenvalue weighted by molar-refractivity contribution is 6.00. The van der Waals surface area contributed by atoms with Gasteiger partial charge in [0, 0.05) is 23.1 Å². The number of carboxylic acid groups (broad SMARTS) is 1. The molecular formula is C28H19F3N6O3. The van der Waals surface area contributed by atoms with Gasteiger partial charge in [-0.1, -0.05) is 36.4 Å². The summed E-state index contributed by atoms with van der Waals surface area (Å²) in [6.45, 7) is 0. The Morgan fingerprint density at radius 1 is 0.800 bits per heavy atom. The number of aromatic amines is 1. The van der Waals surface area contributed by atoms with Gasteiger partial charge in [-0.2, -0.15) is 18.4 Å². The van der Waals surface area contributed by atoms with Crippen LogP contribution in [0, 0.1) is 11.3 Å². The third kappa shape index (κ3) is 6.78. The van der Waals surface area contributed by atoms with Crippen molar-refractivity contribution < 1.29 is 27.9 Å². The van der Waals surface area contributed by atoms with E-state index in [1.54, 1.807) is 24.7 Å². The number of urea groups is 1. The number of aromatic nitrogens is 3. The number of alkyl halides is 3. The molecule has 3 aromatic carbocycles. The Labute approximate surface area is 225 Å². The molecule has 0 aliphatic carbocycles. The Morgan fingerprint density at radius 3 is 1.80 bits per heavy atom. The van der Waals surface area contributed by atoms with Crippen molar-refractivity contribution in [2.24, 2.45) is 0 Å². The van der Waals surface area contributed by atoms with E-state index in [1.165, 1.54) is 0 Å². The van der Waals surface area contributed by atoms with Crippen LogP contribution in [0.3, 0.4) is 0 Å². The summed E-state index contributed by atoms with van der Waals surface area (Å²) in [5.41, 5.74) is 7.53. The topological polar surface area (TPSA) is 144 Å². The van der Waals surface area contributed by atoms with Crippen molar-refractivity contribution in [2.45, 2.75) is 6.18 Å². The normalized spacial score (nSPS) is 10.7. The van der Waals surface area contributed by atoms with Crippen molar-refractivity contribution in [1.82, 2.24) is 15.0 Å². The van der Waals surface area contributed by atoms with Gasteiger partial charge in [0.05, 0.1) is 23.5 Å². The molecule has 0 saturated heterocycles. The zero-order chi connectivity index (χ0) is 28.7. The molecule has 0 aliphatic rings. The first kappa shape index (κ1) is 27.3. The lowest BCUT2D eigenvalue weighted by atomic mass is 10.0. The molecule has 4 N–H and O–H groups in total. The van der Waals surface area contributed by atoms with Crippen molar-refractivity contribution in [3.05, 3.63) is 97.0 Å². The first-order chi connectivity index (χ1) is 19.1. The van der Waals surface area contributed by atoms with Crippen LogP contribution in [0.4, 0.5) is 29.3 Å². The molecule has 0 fully saturated rings. The van der Waals surface area contributed by atoms with Crippen LogP contribution in [0.15, 0.2) is 91.4 Å².